The van der Waals surface area contributed by atoms with Crippen molar-refractivity contribution in [1.29, 1.82) is 0 Å². The lowest BCUT2D eigenvalue weighted by Crippen LogP contribution is -2.30. The molecule has 2 aromatic carbocycles. The number of nitrogens with two attached hydrogens (primary N) is 1. The van der Waals surface area contributed by atoms with E-state index in [2.05, 4.69) is 10.6 Å². The average molecular weight is 494 g/mol. The summed E-state index contributed by atoms with van der Waals surface area (Å²) < 4.78 is 11.0. The molecule has 4 rings (SSSR count). The third kappa shape index (κ3) is 5.46. The molecule has 3 amide bonds. The third-order valence-corrected chi connectivity index (χ3v) is 7.02. The van der Waals surface area contributed by atoms with Crippen molar-refractivity contribution < 1.29 is 23.9 Å². The first-order valence-electron chi connectivity index (χ1n) is 11.3. The number of hydrogen-bond donors (Lipinski definition) is 3. The highest BCUT2D eigenvalue weighted by Gasteiger charge is 2.25. The molecule has 0 radical (unpaired) electrons. The van der Waals surface area contributed by atoms with Gasteiger partial charge in [0.1, 0.15) is 16.5 Å². The van der Waals surface area contributed by atoms with Gasteiger partial charge in [-0.25, -0.2) is 0 Å². The lowest BCUT2D eigenvalue weighted by atomic mass is 9.95. The van der Waals surface area contributed by atoms with Gasteiger partial charge in [0.15, 0.2) is 6.10 Å². The number of hydrogen-bond acceptors (Lipinski definition) is 6. The summed E-state index contributed by atoms with van der Waals surface area (Å²) in [7, 11) is 1.53. The van der Waals surface area contributed by atoms with Crippen LogP contribution in [0.25, 0.3) is 0 Å². The van der Waals surface area contributed by atoms with Crippen molar-refractivity contribution in [3.05, 3.63) is 70.1 Å². The molecular formula is C26H27N3O5S. The summed E-state index contributed by atoms with van der Waals surface area (Å²) >= 11 is 1.42. The highest BCUT2D eigenvalue weighted by molar-refractivity contribution is 7.17. The van der Waals surface area contributed by atoms with E-state index in [-0.39, 0.29) is 11.8 Å². The smallest absolute Gasteiger partial charge is 0.265 e. The highest BCUT2D eigenvalue weighted by atomic mass is 32.1. The van der Waals surface area contributed by atoms with Gasteiger partial charge in [-0.2, -0.15) is 0 Å². The van der Waals surface area contributed by atoms with E-state index in [4.69, 9.17) is 15.2 Å². The van der Waals surface area contributed by atoms with Crippen LogP contribution in [0, 0.1) is 0 Å². The van der Waals surface area contributed by atoms with Crippen LogP contribution in [0.1, 0.15) is 50.9 Å². The number of methoxy groups -OCH3 is 1. The van der Waals surface area contributed by atoms with Crippen molar-refractivity contribution in [2.75, 3.05) is 17.7 Å². The van der Waals surface area contributed by atoms with E-state index in [9.17, 15) is 14.4 Å². The zero-order valence-electron chi connectivity index (χ0n) is 19.6. The fraction of sp³-hybridized carbons (Fsp3) is 0.269. The Kier molecular flexibility index (Phi) is 7.36. The SMILES string of the molecule is COc1ccccc1NC(=O)[C@@H](C)Oc1ccc(C(=O)Nc2sc3c(c2C(N)=O)CCCC3)cc1. The van der Waals surface area contributed by atoms with Crippen molar-refractivity contribution in [2.45, 2.75) is 38.7 Å². The van der Waals surface area contributed by atoms with Gasteiger partial charge in [-0.3, -0.25) is 14.4 Å². The molecule has 35 heavy (non-hydrogen) atoms. The Labute approximate surface area is 207 Å². The maximum absolute atomic E-state index is 12.8. The quantitative estimate of drug-likeness (QED) is 0.430. The first-order chi connectivity index (χ1) is 16.9. The van der Waals surface area contributed by atoms with Crippen LogP contribution in [0.5, 0.6) is 11.5 Å². The van der Waals surface area contributed by atoms with E-state index in [1.54, 1.807) is 49.4 Å². The minimum atomic E-state index is -0.782. The molecule has 0 fully saturated rings. The Morgan fingerprint density at radius 2 is 1.71 bits per heavy atom. The Hall–Kier alpha value is -3.85. The number of thiophene rings is 1. The topological polar surface area (TPSA) is 120 Å². The molecular weight excluding hydrogens is 466 g/mol. The predicted octanol–water partition coefficient (Wildman–Crippen LogP) is 4.39. The second-order valence-corrected chi connectivity index (χ2v) is 9.31. The molecule has 0 bridgehead atoms. The lowest BCUT2D eigenvalue weighted by molar-refractivity contribution is -0.122. The van der Waals surface area contributed by atoms with E-state index in [0.717, 1.165) is 36.1 Å². The van der Waals surface area contributed by atoms with Gasteiger partial charge >= 0.3 is 0 Å². The predicted molar refractivity (Wildman–Crippen MR) is 136 cm³/mol. The Morgan fingerprint density at radius 3 is 2.43 bits per heavy atom. The molecule has 1 heterocycles. The van der Waals surface area contributed by atoms with E-state index >= 15 is 0 Å². The van der Waals surface area contributed by atoms with Crippen molar-refractivity contribution in [3.8, 4) is 11.5 Å². The van der Waals surface area contributed by atoms with Gasteiger partial charge in [-0.15, -0.1) is 11.3 Å². The Morgan fingerprint density at radius 1 is 1.00 bits per heavy atom. The molecule has 1 aromatic heterocycles. The van der Waals surface area contributed by atoms with E-state index in [0.29, 0.717) is 33.3 Å². The number of ether oxygens (including phenoxy) is 2. The van der Waals surface area contributed by atoms with Crippen LogP contribution in [-0.2, 0) is 17.6 Å². The standard InChI is InChI=1S/C26H27N3O5S/c1-15(24(31)28-19-8-4-5-9-20(19)33-2)34-17-13-11-16(12-14-17)25(32)29-26-22(23(27)30)18-7-3-6-10-21(18)35-26/h4-5,8-9,11-15H,3,6-7,10H2,1-2H3,(H2,27,30)(H,28,31)(H,29,32)/t15-/m1/s1. The van der Waals surface area contributed by atoms with Crippen LogP contribution in [-0.4, -0.2) is 30.9 Å². The first kappa shape index (κ1) is 24.3. The zero-order valence-corrected chi connectivity index (χ0v) is 20.4. The molecule has 182 valence electrons. The van der Waals surface area contributed by atoms with Crippen molar-refractivity contribution in [3.63, 3.8) is 0 Å². The van der Waals surface area contributed by atoms with Gasteiger partial charge in [0.05, 0.1) is 18.4 Å². The first-order valence-corrected chi connectivity index (χ1v) is 12.1. The normalized spacial score (nSPS) is 13.3. The van der Waals surface area contributed by atoms with Crippen molar-refractivity contribution in [1.82, 2.24) is 0 Å². The number of carbonyl (C=O) groups excluding carboxylic acids is 3. The number of rotatable bonds is 8. The van der Waals surface area contributed by atoms with Gasteiger partial charge in [-0.1, -0.05) is 12.1 Å². The maximum Gasteiger partial charge on any atom is 0.265 e. The summed E-state index contributed by atoms with van der Waals surface area (Å²) in [5.74, 6) is -0.219. The van der Waals surface area contributed by atoms with Crippen LogP contribution in [0.2, 0.25) is 0 Å². The number of carbonyl (C=O) groups is 3. The summed E-state index contributed by atoms with van der Waals surface area (Å²) in [5, 5.41) is 6.12. The molecule has 0 unspecified atom stereocenters. The largest absolute Gasteiger partial charge is 0.495 e. The van der Waals surface area contributed by atoms with Gasteiger partial charge < -0.3 is 25.8 Å². The summed E-state index contributed by atoms with van der Waals surface area (Å²) in [6, 6.07) is 13.6. The maximum atomic E-state index is 12.8. The number of fused-ring (bicyclic) bond motifs is 1. The van der Waals surface area contributed by atoms with Crippen molar-refractivity contribution >= 4 is 39.7 Å². The molecule has 1 aliphatic carbocycles. The van der Waals surface area contributed by atoms with E-state index in [1.165, 1.54) is 18.4 Å². The molecule has 0 saturated heterocycles. The van der Waals surface area contributed by atoms with E-state index < -0.39 is 12.0 Å². The molecule has 4 N–H and O–H groups in total. The summed E-state index contributed by atoms with van der Waals surface area (Å²) in [6.07, 6.45) is 2.99. The van der Waals surface area contributed by atoms with Crippen LogP contribution in [0.15, 0.2) is 48.5 Å². The van der Waals surface area contributed by atoms with Gasteiger partial charge in [-0.05, 0) is 74.6 Å². The minimum Gasteiger partial charge on any atom is -0.495 e. The fourth-order valence-corrected chi connectivity index (χ4v) is 5.30. The van der Waals surface area contributed by atoms with Gasteiger partial charge in [0.25, 0.3) is 17.7 Å². The fourth-order valence-electron chi connectivity index (χ4n) is 4.01. The minimum absolute atomic E-state index is 0.336. The number of nitrogens with one attached hydrogen (secondary N) is 2. The number of aryl methyl sites for hydroxylation is 1. The molecule has 3 aromatic rings. The second-order valence-electron chi connectivity index (χ2n) is 8.21. The van der Waals surface area contributed by atoms with E-state index in [1.807, 2.05) is 6.07 Å². The molecule has 8 nitrogen and oxygen atoms in total. The molecule has 1 aliphatic rings. The number of para-hydroxylation sites is 2. The zero-order chi connectivity index (χ0) is 24.9. The number of primary amides is 1. The highest BCUT2D eigenvalue weighted by Crippen LogP contribution is 2.38. The molecule has 0 spiro atoms. The second kappa shape index (κ2) is 10.6. The summed E-state index contributed by atoms with van der Waals surface area (Å²) in [5.41, 5.74) is 7.95. The Balaban J connectivity index is 1.40. The van der Waals surface area contributed by atoms with Crippen LogP contribution < -0.4 is 25.8 Å². The monoisotopic (exact) mass is 493 g/mol. The summed E-state index contributed by atoms with van der Waals surface area (Å²) in [4.78, 5) is 38.5. The number of benzene rings is 2. The third-order valence-electron chi connectivity index (χ3n) is 5.81. The number of anilines is 2. The summed E-state index contributed by atoms with van der Waals surface area (Å²) in [6.45, 7) is 1.63. The molecule has 1 atom stereocenters. The van der Waals surface area contributed by atoms with Gasteiger partial charge in [0.2, 0.25) is 0 Å². The van der Waals surface area contributed by atoms with Crippen LogP contribution in [0.3, 0.4) is 0 Å². The van der Waals surface area contributed by atoms with Crippen LogP contribution in [0.4, 0.5) is 10.7 Å². The molecule has 9 heteroatoms. The molecule has 0 saturated carbocycles. The van der Waals surface area contributed by atoms with Crippen LogP contribution >= 0.6 is 11.3 Å². The Bertz CT molecular complexity index is 1250. The number of amides is 3. The average Bonchev–Trinajstić information content (AvgIpc) is 3.22. The molecule has 0 aliphatic heterocycles. The van der Waals surface area contributed by atoms with Gasteiger partial charge in [0, 0.05) is 10.4 Å². The van der Waals surface area contributed by atoms with Crippen molar-refractivity contribution in [2.24, 2.45) is 5.73 Å². The lowest BCUT2D eigenvalue weighted by Gasteiger charge is -2.16.